The molecule has 68 heavy (non-hydrogen) atoms. The molecule has 3 aliphatic heterocycles. The summed E-state index contributed by atoms with van der Waals surface area (Å²) in [6.07, 6.45) is 12.4. The maximum atomic E-state index is 2.73. The van der Waals surface area contributed by atoms with Crippen LogP contribution in [-0.4, -0.2) is 13.1 Å². The Labute approximate surface area is 398 Å². The van der Waals surface area contributed by atoms with Crippen molar-refractivity contribution in [3.8, 4) is 22.3 Å². The van der Waals surface area contributed by atoms with Crippen molar-refractivity contribution in [2.75, 3.05) is 27.8 Å². The van der Waals surface area contributed by atoms with E-state index < -0.39 is 0 Å². The maximum absolute atomic E-state index is 2.73. The molecule has 1 aliphatic carbocycles. The van der Waals surface area contributed by atoms with E-state index in [9.17, 15) is 0 Å². The number of nitrogens with zero attached hydrogens (tertiary/aromatic N) is 3. The normalized spacial score (nSPS) is 15.5. The number of allylic oxidation sites excluding steroid dienone is 4. The van der Waals surface area contributed by atoms with Crippen molar-refractivity contribution < 1.29 is 0 Å². The monoisotopic (exact) mass is 873 g/mol. The third-order valence-corrected chi connectivity index (χ3v) is 15.5. The van der Waals surface area contributed by atoms with Crippen LogP contribution in [0.1, 0.15) is 48.8 Å². The molecule has 0 atom stereocenters. The van der Waals surface area contributed by atoms with Crippen molar-refractivity contribution in [2.45, 2.75) is 44.9 Å². The van der Waals surface area contributed by atoms with Gasteiger partial charge in [-0.1, -0.05) is 146 Å². The van der Waals surface area contributed by atoms with Gasteiger partial charge in [0.05, 0.1) is 11.4 Å². The van der Waals surface area contributed by atoms with E-state index in [-0.39, 0.29) is 0 Å². The minimum Gasteiger partial charge on any atom is -0.343 e. The van der Waals surface area contributed by atoms with Gasteiger partial charge in [0.15, 0.2) is 0 Å². The van der Waals surface area contributed by atoms with E-state index in [1.54, 1.807) is 0 Å². The second-order valence-electron chi connectivity index (χ2n) is 19.3. The summed E-state index contributed by atoms with van der Waals surface area (Å²) in [7, 11) is 0. The zero-order chi connectivity index (χ0) is 44.7. The summed E-state index contributed by atoms with van der Waals surface area (Å²) in [6, 6.07) is 71.6. The molecule has 0 amide bonds. The molecule has 3 nitrogen and oxygen atoms in total. The highest BCUT2D eigenvalue weighted by Crippen LogP contribution is 2.53. The van der Waals surface area contributed by atoms with Gasteiger partial charge in [0.1, 0.15) is 0 Å². The number of para-hydroxylation sites is 3. The lowest BCUT2D eigenvalue weighted by Crippen LogP contribution is -2.32. The summed E-state index contributed by atoms with van der Waals surface area (Å²) in [5.41, 5.74) is 19.8. The fraction of sp³-hybridized carbons (Fsp3) is 0.138. The fourth-order valence-electron chi connectivity index (χ4n) is 12.3. The van der Waals surface area contributed by atoms with Crippen molar-refractivity contribution >= 4 is 77.2 Å². The van der Waals surface area contributed by atoms with Gasteiger partial charge in [-0.05, 0) is 181 Å². The van der Waals surface area contributed by atoms with Crippen LogP contribution in [0.2, 0.25) is 0 Å². The van der Waals surface area contributed by atoms with Gasteiger partial charge in [0.25, 0.3) is 0 Å². The lowest BCUT2D eigenvalue weighted by atomic mass is 9.83. The smallest absolute Gasteiger partial charge is 0.0658 e. The highest BCUT2D eigenvalue weighted by molar-refractivity contribution is 6.24. The van der Waals surface area contributed by atoms with Gasteiger partial charge < -0.3 is 14.7 Å². The molecule has 326 valence electrons. The summed E-state index contributed by atoms with van der Waals surface area (Å²) in [4.78, 5) is 7.91. The number of rotatable bonds is 5. The van der Waals surface area contributed by atoms with E-state index in [2.05, 4.69) is 215 Å². The van der Waals surface area contributed by atoms with Crippen molar-refractivity contribution in [1.82, 2.24) is 0 Å². The number of hydrogen-bond donors (Lipinski definition) is 0. The topological polar surface area (TPSA) is 9.72 Å². The summed E-state index contributed by atoms with van der Waals surface area (Å²) in [5, 5.41) is 10.1. The van der Waals surface area contributed by atoms with E-state index in [1.807, 2.05) is 0 Å². The largest absolute Gasteiger partial charge is 0.343 e. The Kier molecular flexibility index (Phi) is 9.18. The fourth-order valence-corrected chi connectivity index (χ4v) is 12.3. The quantitative estimate of drug-likeness (QED) is 0.160. The zero-order valence-electron chi connectivity index (χ0n) is 38.3. The van der Waals surface area contributed by atoms with Crippen molar-refractivity contribution in [3.63, 3.8) is 0 Å². The highest BCUT2D eigenvalue weighted by Gasteiger charge is 2.31. The van der Waals surface area contributed by atoms with Crippen LogP contribution >= 0.6 is 0 Å². The van der Waals surface area contributed by atoms with Gasteiger partial charge in [-0.25, -0.2) is 0 Å². The molecule has 0 fully saturated rings. The molecule has 14 rings (SSSR count). The van der Waals surface area contributed by atoms with E-state index >= 15 is 0 Å². The molecule has 3 heteroatoms. The van der Waals surface area contributed by atoms with Gasteiger partial charge >= 0.3 is 0 Å². The number of fused-ring (bicyclic) bond motifs is 7. The van der Waals surface area contributed by atoms with Crippen LogP contribution < -0.4 is 14.7 Å². The molecule has 0 N–H and O–H groups in total. The first kappa shape index (κ1) is 39.3. The second kappa shape index (κ2) is 15.9. The molecule has 0 spiro atoms. The maximum Gasteiger partial charge on any atom is 0.0658 e. The molecule has 0 saturated carbocycles. The summed E-state index contributed by atoms with van der Waals surface area (Å²) >= 11 is 0. The van der Waals surface area contributed by atoms with Gasteiger partial charge in [0.2, 0.25) is 0 Å². The van der Waals surface area contributed by atoms with Crippen LogP contribution in [0.5, 0.6) is 0 Å². The molecule has 0 aromatic heterocycles. The van der Waals surface area contributed by atoms with Crippen LogP contribution in [0.3, 0.4) is 0 Å². The molecule has 4 aliphatic rings. The van der Waals surface area contributed by atoms with E-state index in [0.717, 1.165) is 58.0 Å². The predicted molar refractivity (Wildman–Crippen MR) is 289 cm³/mol. The first-order valence-electron chi connectivity index (χ1n) is 24.8. The Hall–Kier alpha value is -7.88. The Bertz CT molecular complexity index is 3710. The number of aryl methyl sites for hydroxylation is 1. The zero-order valence-corrected chi connectivity index (χ0v) is 38.3. The summed E-state index contributed by atoms with van der Waals surface area (Å²) in [5.74, 6) is 0. The molecule has 0 radical (unpaired) electrons. The Morgan fingerprint density at radius 3 is 1.60 bits per heavy atom. The summed E-state index contributed by atoms with van der Waals surface area (Å²) < 4.78 is 0. The molecular weight excluding hydrogens is 823 g/mol. The average molecular weight is 874 g/mol. The highest BCUT2D eigenvalue weighted by atomic mass is 15.2. The third-order valence-electron chi connectivity index (χ3n) is 15.5. The van der Waals surface area contributed by atoms with E-state index in [1.165, 1.54) is 127 Å². The molecule has 3 heterocycles. The lowest BCUT2D eigenvalue weighted by Gasteiger charge is -2.40. The molecule has 10 aromatic carbocycles. The SMILES string of the molecule is C1=CC2=C(CC1)N(c1cc3c(-c4ccc5ccccc5c4)c4cc(N5c6ccccc6Cc6ccccc65)ccc4c(-c4ccc5ccccc5c4)c3cc1N1CCCc3ccccc31)CCC2. The van der Waals surface area contributed by atoms with Gasteiger partial charge in [0, 0.05) is 48.0 Å². The summed E-state index contributed by atoms with van der Waals surface area (Å²) in [6.45, 7) is 1.99. The Morgan fingerprint density at radius 2 is 0.912 bits per heavy atom. The van der Waals surface area contributed by atoms with Crippen LogP contribution in [-0.2, 0) is 12.8 Å². The first-order chi connectivity index (χ1) is 33.7. The van der Waals surface area contributed by atoms with Crippen LogP contribution in [0.4, 0.5) is 34.1 Å². The molecule has 0 bridgehead atoms. The van der Waals surface area contributed by atoms with Gasteiger partial charge in [-0.15, -0.1) is 0 Å². The van der Waals surface area contributed by atoms with Crippen LogP contribution in [0.15, 0.2) is 211 Å². The predicted octanol–water partition coefficient (Wildman–Crippen LogP) is 17.3. The average Bonchev–Trinajstić information content (AvgIpc) is 3.40. The molecule has 0 unspecified atom stereocenters. The second-order valence-corrected chi connectivity index (χ2v) is 19.3. The van der Waals surface area contributed by atoms with Crippen molar-refractivity contribution in [3.05, 3.63) is 228 Å². The van der Waals surface area contributed by atoms with Crippen LogP contribution in [0, 0.1) is 0 Å². The third kappa shape index (κ3) is 6.33. The first-order valence-corrected chi connectivity index (χ1v) is 24.8. The standard InChI is InChI=1S/C65H51N3/c1-3-19-47-37-51(31-29-43(47)15-1)64-54-34-33-53(68-60-27-11-7-21-49(60)39-50-22-8-12-28-61(50)68)40-55(54)65(52-32-30-44-16-2-4-20-48(44)38-52)57-42-63(67-36-14-24-46-18-6-10-26-59(46)67)62(41-56(57)64)66-35-13-23-45-17-5-9-25-58(45)66/h1-9,11-12,15-22,25,27-34,37-38,40-42H,10,13-14,23-24,26,35-36,39H2. The van der Waals surface area contributed by atoms with Crippen LogP contribution in [0.25, 0.3) is 65.3 Å². The molecule has 10 aromatic rings. The Morgan fingerprint density at radius 1 is 0.368 bits per heavy atom. The minimum atomic E-state index is 0.923. The van der Waals surface area contributed by atoms with Gasteiger partial charge in [-0.2, -0.15) is 0 Å². The molecular formula is C65H51N3. The van der Waals surface area contributed by atoms with E-state index in [4.69, 9.17) is 0 Å². The van der Waals surface area contributed by atoms with E-state index in [0.29, 0.717) is 0 Å². The minimum absolute atomic E-state index is 0.923. The Balaban J connectivity index is 1.14. The van der Waals surface area contributed by atoms with Gasteiger partial charge in [-0.3, -0.25) is 0 Å². The molecule has 0 saturated heterocycles. The number of anilines is 6. The number of benzene rings is 10. The van der Waals surface area contributed by atoms with Crippen molar-refractivity contribution in [1.29, 1.82) is 0 Å². The number of hydrogen-bond acceptors (Lipinski definition) is 3. The van der Waals surface area contributed by atoms with Crippen molar-refractivity contribution in [2.24, 2.45) is 0 Å². The lowest BCUT2D eigenvalue weighted by molar-refractivity contribution is 0.690.